The molecule has 9 heteroatoms. The van der Waals surface area contributed by atoms with Gasteiger partial charge in [-0.25, -0.2) is 4.68 Å². The fraction of sp³-hybridized carbons (Fsp3) is 0.304. The van der Waals surface area contributed by atoms with Crippen LogP contribution in [0, 0.1) is 0 Å². The van der Waals surface area contributed by atoms with Crippen molar-refractivity contribution in [3.63, 3.8) is 0 Å². The fourth-order valence-electron chi connectivity index (χ4n) is 3.40. The number of benzene rings is 2. The minimum absolute atomic E-state index is 0.0149. The quantitative estimate of drug-likeness (QED) is 0.537. The zero-order chi connectivity index (χ0) is 22.7. The number of fused-ring (bicyclic) bond motifs is 1. The molecule has 1 unspecified atom stereocenters. The maximum absolute atomic E-state index is 12.8. The highest BCUT2D eigenvalue weighted by molar-refractivity contribution is 6.30. The van der Waals surface area contributed by atoms with Gasteiger partial charge in [0, 0.05) is 17.6 Å². The van der Waals surface area contributed by atoms with Gasteiger partial charge < -0.3 is 24.6 Å². The Morgan fingerprint density at radius 2 is 1.97 bits per heavy atom. The van der Waals surface area contributed by atoms with Crippen molar-refractivity contribution >= 4 is 17.5 Å². The van der Waals surface area contributed by atoms with Gasteiger partial charge in [-0.1, -0.05) is 25.4 Å². The van der Waals surface area contributed by atoms with Crippen molar-refractivity contribution in [1.82, 2.24) is 15.1 Å². The first kappa shape index (κ1) is 22.0. The van der Waals surface area contributed by atoms with Gasteiger partial charge in [0.2, 0.25) is 6.79 Å². The third-order valence-corrected chi connectivity index (χ3v) is 5.21. The number of hydrogen-bond acceptors (Lipinski definition) is 6. The lowest BCUT2D eigenvalue weighted by atomic mass is 10.0. The molecule has 0 saturated carbocycles. The molecular weight excluding hydrogens is 434 g/mol. The molecule has 0 saturated heterocycles. The van der Waals surface area contributed by atoms with Crippen molar-refractivity contribution in [2.24, 2.45) is 0 Å². The Labute approximate surface area is 190 Å². The molecule has 0 aliphatic carbocycles. The predicted molar refractivity (Wildman–Crippen MR) is 119 cm³/mol. The number of rotatable bonds is 8. The van der Waals surface area contributed by atoms with Crippen LogP contribution in [0.4, 0.5) is 0 Å². The lowest BCUT2D eigenvalue weighted by Gasteiger charge is -2.15. The molecule has 168 valence electrons. The van der Waals surface area contributed by atoms with Gasteiger partial charge in [0.15, 0.2) is 11.5 Å². The van der Waals surface area contributed by atoms with Gasteiger partial charge in [0.05, 0.1) is 23.1 Å². The summed E-state index contributed by atoms with van der Waals surface area (Å²) >= 11 is 5.98. The van der Waals surface area contributed by atoms with Crippen molar-refractivity contribution in [1.29, 1.82) is 0 Å². The molecule has 2 aromatic carbocycles. The number of nitrogens with one attached hydrogen (secondary N) is 1. The van der Waals surface area contributed by atoms with Gasteiger partial charge in [-0.2, -0.15) is 5.10 Å². The van der Waals surface area contributed by atoms with Gasteiger partial charge in [-0.05, 0) is 42.3 Å². The summed E-state index contributed by atoms with van der Waals surface area (Å²) < 4.78 is 17.9. The highest BCUT2D eigenvalue weighted by atomic mass is 35.5. The van der Waals surface area contributed by atoms with Crippen molar-refractivity contribution in [2.45, 2.75) is 25.9 Å². The minimum Gasteiger partial charge on any atom is -0.491 e. The largest absolute Gasteiger partial charge is 0.491 e. The third-order valence-electron chi connectivity index (χ3n) is 4.95. The van der Waals surface area contributed by atoms with Gasteiger partial charge >= 0.3 is 0 Å². The number of carbonyl (C=O) groups excluding carboxylic acids is 1. The van der Waals surface area contributed by atoms with E-state index in [0.717, 1.165) is 11.4 Å². The summed E-state index contributed by atoms with van der Waals surface area (Å²) in [5.41, 5.74) is 2.05. The van der Waals surface area contributed by atoms with E-state index in [4.69, 9.17) is 25.8 Å². The van der Waals surface area contributed by atoms with Crippen LogP contribution < -0.4 is 19.5 Å². The van der Waals surface area contributed by atoms with Crippen LogP contribution in [0.1, 0.15) is 35.8 Å². The van der Waals surface area contributed by atoms with Crippen LogP contribution in [0.15, 0.2) is 48.7 Å². The molecule has 32 heavy (non-hydrogen) atoms. The summed E-state index contributed by atoms with van der Waals surface area (Å²) in [6, 6.07) is 12.4. The average Bonchev–Trinajstić information content (AvgIpc) is 3.43. The van der Waals surface area contributed by atoms with E-state index in [1.165, 1.54) is 6.20 Å². The molecule has 8 nitrogen and oxygen atoms in total. The van der Waals surface area contributed by atoms with Gasteiger partial charge in [0.25, 0.3) is 5.91 Å². The molecule has 4 rings (SSSR count). The molecule has 0 radical (unpaired) electrons. The Hall–Kier alpha value is -3.23. The number of nitrogens with zero attached hydrogens (tertiary/aromatic N) is 2. The maximum Gasteiger partial charge on any atom is 0.254 e. The molecule has 1 aliphatic heterocycles. The lowest BCUT2D eigenvalue weighted by Crippen LogP contribution is -2.35. The maximum atomic E-state index is 12.8. The van der Waals surface area contributed by atoms with Gasteiger partial charge in [0.1, 0.15) is 18.5 Å². The Balaban J connectivity index is 1.36. The second kappa shape index (κ2) is 9.50. The number of aliphatic hydroxyl groups excluding tert-OH is 1. The summed E-state index contributed by atoms with van der Waals surface area (Å²) in [7, 11) is 0. The van der Waals surface area contributed by atoms with E-state index in [0.29, 0.717) is 27.8 Å². The number of hydrogen-bond donors (Lipinski definition) is 2. The lowest BCUT2D eigenvalue weighted by molar-refractivity contribution is 0.0842. The van der Waals surface area contributed by atoms with Crippen molar-refractivity contribution in [2.75, 3.05) is 19.9 Å². The number of ether oxygens (including phenoxy) is 3. The SMILES string of the molecule is CC(C)c1c(C(=O)NCC(O)COc2ccc3c(c2)OCO3)cnn1-c1ccc(Cl)cc1. The number of halogens is 1. The summed E-state index contributed by atoms with van der Waals surface area (Å²) in [5, 5.41) is 18.0. The Kier molecular flexibility index (Phi) is 6.53. The zero-order valence-electron chi connectivity index (χ0n) is 17.7. The van der Waals surface area contributed by atoms with Crippen molar-refractivity contribution in [3.8, 4) is 22.9 Å². The molecular formula is C23H24ClN3O5. The van der Waals surface area contributed by atoms with Crippen LogP contribution in [0.5, 0.6) is 17.2 Å². The molecule has 2 N–H and O–H groups in total. The fourth-order valence-corrected chi connectivity index (χ4v) is 3.53. The molecule has 1 amide bonds. The molecule has 1 atom stereocenters. The summed E-state index contributed by atoms with van der Waals surface area (Å²) in [6.45, 7) is 4.22. The minimum atomic E-state index is -0.891. The first-order chi connectivity index (χ1) is 15.4. The molecule has 1 aromatic heterocycles. The molecule has 1 aliphatic rings. The van der Waals surface area contributed by atoms with E-state index in [1.807, 2.05) is 26.0 Å². The van der Waals surface area contributed by atoms with E-state index in [-0.39, 0.29) is 31.8 Å². The molecule has 3 aromatic rings. The topological polar surface area (TPSA) is 94.8 Å². The second-order valence-corrected chi connectivity index (χ2v) is 8.11. The second-order valence-electron chi connectivity index (χ2n) is 7.68. The monoisotopic (exact) mass is 457 g/mol. The van der Waals surface area contributed by atoms with Gasteiger partial charge in [-0.3, -0.25) is 4.79 Å². The Bertz CT molecular complexity index is 1100. The van der Waals surface area contributed by atoms with E-state index >= 15 is 0 Å². The van der Waals surface area contributed by atoms with Crippen LogP contribution in [0.3, 0.4) is 0 Å². The summed E-state index contributed by atoms with van der Waals surface area (Å²) in [4.78, 5) is 12.8. The van der Waals surface area contributed by atoms with Crippen molar-refractivity contribution < 1.29 is 24.1 Å². The highest BCUT2D eigenvalue weighted by Crippen LogP contribution is 2.35. The number of aliphatic hydroxyl groups is 1. The highest BCUT2D eigenvalue weighted by Gasteiger charge is 2.21. The average molecular weight is 458 g/mol. The predicted octanol–water partition coefficient (Wildman–Crippen LogP) is 3.55. The van der Waals surface area contributed by atoms with E-state index < -0.39 is 6.10 Å². The van der Waals surface area contributed by atoms with Crippen LogP contribution in [-0.4, -0.2) is 46.8 Å². The summed E-state index contributed by atoms with van der Waals surface area (Å²) in [6.07, 6.45) is 0.646. The van der Waals surface area contributed by atoms with Gasteiger partial charge in [-0.15, -0.1) is 0 Å². The molecule has 0 fully saturated rings. The third kappa shape index (κ3) is 4.81. The van der Waals surface area contributed by atoms with Crippen LogP contribution in [-0.2, 0) is 0 Å². The Morgan fingerprint density at radius 1 is 1.22 bits per heavy atom. The van der Waals surface area contributed by atoms with Crippen LogP contribution >= 0.6 is 11.6 Å². The first-order valence-electron chi connectivity index (χ1n) is 10.2. The zero-order valence-corrected chi connectivity index (χ0v) is 18.5. The van der Waals surface area contributed by atoms with E-state index in [2.05, 4.69) is 10.4 Å². The normalized spacial score (nSPS) is 13.3. The van der Waals surface area contributed by atoms with Crippen LogP contribution in [0.25, 0.3) is 5.69 Å². The molecule has 0 spiro atoms. The first-order valence-corrected chi connectivity index (χ1v) is 10.6. The van der Waals surface area contributed by atoms with Crippen molar-refractivity contribution in [3.05, 3.63) is 64.9 Å². The van der Waals surface area contributed by atoms with E-state index in [1.54, 1.807) is 35.0 Å². The standard InChI is InChI=1S/C23H24ClN3O5/c1-14(2)22-19(11-26-27(22)16-5-3-15(24)4-6-16)23(29)25-10-17(28)12-30-18-7-8-20-21(9-18)32-13-31-20/h3-9,11,14,17,28H,10,12-13H2,1-2H3,(H,25,29). The molecule has 2 heterocycles. The molecule has 0 bridgehead atoms. The van der Waals surface area contributed by atoms with E-state index in [9.17, 15) is 9.90 Å². The summed E-state index contributed by atoms with van der Waals surface area (Å²) in [5.74, 6) is 1.55. The Morgan fingerprint density at radius 3 is 2.72 bits per heavy atom. The number of amides is 1. The number of carbonyl (C=O) groups is 1. The van der Waals surface area contributed by atoms with Crippen LogP contribution in [0.2, 0.25) is 5.02 Å². The number of aromatic nitrogens is 2. The smallest absolute Gasteiger partial charge is 0.254 e.